The summed E-state index contributed by atoms with van der Waals surface area (Å²) >= 11 is 0. The van der Waals surface area contributed by atoms with Crippen LogP contribution in [0.1, 0.15) is 26.2 Å². The molecule has 2 aliphatic rings. The molecule has 0 amide bonds. The number of allylic oxidation sites excluding steroid dienone is 1. The number of ether oxygens (including phenoxy) is 1. The van der Waals surface area contributed by atoms with Crippen LogP contribution in [0.2, 0.25) is 0 Å². The maximum atomic E-state index is 5.65. The summed E-state index contributed by atoms with van der Waals surface area (Å²) in [5.41, 5.74) is 0. The first-order valence-electron chi connectivity index (χ1n) is 5.23. The number of nitrogens with zero attached hydrogens (tertiary/aromatic N) is 1. The van der Waals surface area contributed by atoms with Gasteiger partial charge >= 0.3 is 0 Å². The molecule has 3 nitrogen and oxygen atoms in total. The zero-order valence-corrected chi connectivity index (χ0v) is 8.25. The first-order chi connectivity index (χ1) is 6.40. The van der Waals surface area contributed by atoms with Gasteiger partial charge in [0.15, 0.2) is 0 Å². The highest BCUT2D eigenvalue weighted by molar-refractivity contribution is 5.08. The Kier molecular flexibility index (Phi) is 2.74. The van der Waals surface area contributed by atoms with E-state index >= 15 is 0 Å². The summed E-state index contributed by atoms with van der Waals surface area (Å²) in [5, 5.41) is 3.39. The number of hydrogen-bond donors (Lipinski definition) is 1. The van der Waals surface area contributed by atoms with Crippen LogP contribution >= 0.6 is 0 Å². The Morgan fingerprint density at radius 1 is 1.69 bits per heavy atom. The van der Waals surface area contributed by atoms with E-state index in [1.807, 2.05) is 0 Å². The molecule has 2 aliphatic heterocycles. The quantitative estimate of drug-likeness (QED) is 0.711. The van der Waals surface area contributed by atoms with Crippen molar-refractivity contribution < 1.29 is 4.74 Å². The molecule has 0 radical (unpaired) electrons. The van der Waals surface area contributed by atoms with Crippen molar-refractivity contribution in [2.24, 2.45) is 0 Å². The Bertz CT molecular complexity index is 203. The molecule has 1 unspecified atom stereocenters. The van der Waals surface area contributed by atoms with E-state index in [1.165, 1.54) is 25.2 Å². The summed E-state index contributed by atoms with van der Waals surface area (Å²) in [5.74, 6) is 1.28. The van der Waals surface area contributed by atoms with E-state index in [1.54, 1.807) is 0 Å². The molecule has 1 saturated heterocycles. The Morgan fingerprint density at radius 2 is 2.62 bits per heavy atom. The summed E-state index contributed by atoms with van der Waals surface area (Å²) in [6.07, 6.45) is 6.09. The van der Waals surface area contributed by atoms with Gasteiger partial charge in [-0.25, -0.2) is 0 Å². The summed E-state index contributed by atoms with van der Waals surface area (Å²) in [4.78, 5) is 2.38. The van der Waals surface area contributed by atoms with Crippen LogP contribution in [0.4, 0.5) is 0 Å². The minimum atomic E-state index is 0.226. The smallest absolute Gasteiger partial charge is 0.146 e. The zero-order valence-electron chi connectivity index (χ0n) is 8.25. The Morgan fingerprint density at radius 3 is 3.38 bits per heavy atom. The number of nitrogens with one attached hydrogen (secondary N) is 1. The molecule has 2 rings (SSSR count). The van der Waals surface area contributed by atoms with Crippen molar-refractivity contribution in [2.45, 2.75) is 32.4 Å². The Labute approximate surface area is 79.7 Å². The van der Waals surface area contributed by atoms with Crippen LogP contribution in [0.25, 0.3) is 0 Å². The Hall–Kier alpha value is -0.700. The molecule has 0 aliphatic carbocycles. The van der Waals surface area contributed by atoms with Crippen molar-refractivity contribution in [3.8, 4) is 0 Å². The molecule has 0 bridgehead atoms. The third-order valence-electron chi connectivity index (χ3n) is 2.53. The van der Waals surface area contributed by atoms with Crippen LogP contribution in [-0.4, -0.2) is 30.8 Å². The van der Waals surface area contributed by atoms with E-state index in [0.717, 1.165) is 19.6 Å². The lowest BCUT2D eigenvalue weighted by Crippen LogP contribution is -2.26. The summed E-state index contributed by atoms with van der Waals surface area (Å²) in [6, 6.07) is 0. The zero-order chi connectivity index (χ0) is 9.10. The highest BCUT2D eigenvalue weighted by Crippen LogP contribution is 2.19. The highest BCUT2D eigenvalue weighted by Gasteiger charge is 2.26. The topological polar surface area (TPSA) is 24.5 Å². The lowest BCUT2D eigenvalue weighted by Gasteiger charge is -2.21. The molecule has 3 heteroatoms. The fourth-order valence-corrected chi connectivity index (χ4v) is 1.88. The van der Waals surface area contributed by atoms with Gasteiger partial charge in [0.2, 0.25) is 0 Å². The summed E-state index contributed by atoms with van der Waals surface area (Å²) < 4.78 is 5.65. The highest BCUT2D eigenvalue weighted by atomic mass is 16.5. The van der Waals surface area contributed by atoms with Crippen LogP contribution in [0.3, 0.4) is 0 Å². The predicted molar refractivity (Wildman–Crippen MR) is 52.1 cm³/mol. The standard InChI is InChI=1S/C10H18N2O/c1-2-7-13-10-8-12-6-4-3-5-9(12)11-10/h5,10-11H,2-4,6-8H2,1H3. The largest absolute Gasteiger partial charge is 0.357 e. The maximum absolute atomic E-state index is 5.65. The van der Waals surface area contributed by atoms with Crippen molar-refractivity contribution in [2.75, 3.05) is 19.7 Å². The first kappa shape index (κ1) is 8.88. The molecule has 1 N–H and O–H groups in total. The van der Waals surface area contributed by atoms with Gasteiger partial charge in [-0.2, -0.15) is 0 Å². The lowest BCUT2D eigenvalue weighted by molar-refractivity contribution is 0.0472. The third kappa shape index (κ3) is 1.97. The average Bonchev–Trinajstić information content (AvgIpc) is 2.57. The first-order valence-corrected chi connectivity index (χ1v) is 5.23. The molecule has 0 saturated carbocycles. The van der Waals surface area contributed by atoms with Crippen LogP contribution in [-0.2, 0) is 4.74 Å². The predicted octanol–water partition coefficient (Wildman–Crippen LogP) is 1.28. The van der Waals surface area contributed by atoms with Crippen LogP contribution < -0.4 is 5.32 Å². The van der Waals surface area contributed by atoms with E-state index in [2.05, 4.69) is 23.2 Å². The van der Waals surface area contributed by atoms with Crippen LogP contribution in [0, 0.1) is 0 Å². The fourth-order valence-electron chi connectivity index (χ4n) is 1.88. The second-order valence-corrected chi connectivity index (χ2v) is 3.68. The molecule has 74 valence electrons. The molecular formula is C10H18N2O. The monoisotopic (exact) mass is 182 g/mol. The second kappa shape index (κ2) is 4.01. The van der Waals surface area contributed by atoms with E-state index in [4.69, 9.17) is 4.74 Å². The van der Waals surface area contributed by atoms with Gasteiger partial charge in [-0.1, -0.05) is 6.92 Å². The van der Waals surface area contributed by atoms with Crippen molar-refractivity contribution in [3.63, 3.8) is 0 Å². The molecule has 0 spiro atoms. The molecule has 0 aromatic rings. The van der Waals surface area contributed by atoms with Crippen LogP contribution in [0.15, 0.2) is 11.9 Å². The van der Waals surface area contributed by atoms with E-state index in [9.17, 15) is 0 Å². The third-order valence-corrected chi connectivity index (χ3v) is 2.53. The SMILES string of the molecule is CCCOC1CN2CCCC=C2N1. The number of rotatable bonds is 3. The summed E-state index contributed by atoms with van der Waals surface area (Å²) in [7, 11) is 0. The minimum absolute atomic E-state index is 0.226. The van der Waals surface area contributed by atoms with Crippen LogP contribution in [0.5, 0.6) is 0 Å². The normalized spacial score (nSPS) is 26.7. The molecule has 1 fully saturated rings. The van der Waals surface area contributed by atoms with Crippen molar-refractivity contribution >= 4 is 0 Å². The van der Waals surface area contributed by atoms with Gasteiger partial charge < -0.3 is 15.0 Å². The van der Waals surface area contributed by atoms with Gasteiger partial charge in [0.05, 0.1) is 12.4 Å². The molecule has 2 heterocycles. The molecule has 13 heavy (non-hydrogen) atoms. The molecule has 0 aromatic heterocycles. The minimum Gasteiger partial charge on any atom is -0.357 e. The number of fused-ring (bicyclic) bond motifs is 1. The van der Waals surface area contributed by atoms with E-state index < -0.39 is 0 Å². The Balaban J connectivity index is 1.85. The molecular weight excluding hydrogens is 164 g/mol. The lowest BCUT2D eigenvalue weighted by atomic mass is 10.2. The van der Waals surface area contributed by atoms with Gasteiger partial charge in [-0.3, -0.25) is 0 Å². The number of hydrogen-bond acceptors (Lipinski definition) is 3. The van der Waals surface area contributed by atoms with E-state index in [-0.39, 0.29) is 6.23 Å². The fraction of sp³-hybridized carbons (Fsp3) is 0.800. The second-order valence-electron chi connectivity index (χ2n) is 3.68. The van der Waals surface area contributed by atoms with Gasteiger partial charge in [-0.15, -0.1) is 0 Å². The molecule has 0 aromatic carbocycles. The van der Waals surface area contributed by atoms with Gasteiger partial charge in [0.1, 0.15) is 6.23 Å². The summed E-state index contributed by atoms with van der Waals surface area (Å²) in [6.45, 7) is 5.21. The van der Waals surface area contributed by atoms with Gasteiger partial charge in [0.25, 0.3) is 0 Å². The average molecular weight is 182 g/mol. The molecule has 1 atom stereocenters. The van der Waals surface area contributed by atoms with E-state index in [0.29, 0.717) is 0 Å². The maximum Gasteiger partial charge on any atom is 0.146 e. The van der Waals surface area contributed by atoms with Crippen molar-refractivity contribution in [3.05, 3.63) is 11.9 Å². The van der Waals surface area contributed by atoms with Crippen molar-refractivity contribution in [1.29, 1.82) is 0 Å². The van der Waals surface area contributed by atoms with Gasteiger partial charge in [0, 0.05) is 13.2 Å². The van der Waals surface area contributed by atoms with Gasteiger partial charge in [-0.05, 0) is 25.3 Å². The van der Waals surface area contributed by atoms with Crippen molar-refractivity contribution in [1.82, 2.24) is 10.2 Å².